The summed E-state index contributed by atoms with van der Waals surface area (Å²) in [5.41, 5.74) is 3.24. The second-order valence-corrected chi connectivity index (χ2v) is 19.4. The van der Waals surface area contributed by atoms with Crippen LogP contribution in [-0.2, 0) is 46.5 Å². The van der Waals surface area contributed by atoms with Gasteiger partial charge in [0, 0.05) is 25.2 Å². The molecule has 0 aliphatic carbocycles. The van der Waals surface area contributed by atoms with Gasteiger partial charge in [-0.3, -0.25) is 43.8 Å². The second-order valence-electron chi connectivity index (χ2n) is 19.4. The van der Waals surface area contributed by atoms with Crippen LogP contribution in [0.25, 0.3) is 0 Å². The zero-order valence-electron chi connectivity index (χ0n) is 46.0. The number of hydrogen-bond donors (Lipinski definition) is 3. The minimum atomic E-state index is -1.16. The summed E-state index contributed by atoms with van der Waals surface area (Å²) in [4.78, 5) is 108. The first-order valence-electron chi connectivity index (χ1n) is 26.6. The van der Waals surface area contributed by atoms with E-state index in [1.165, 1.54) is 39.5 Å². The number of ether oxygens (including phenoxy) is 8. The Kier molecular flexibility index (Phi) is 19.1. The Bertz CT molecular complexity index is 3160. The fourth-order valence-corrected chi connectivity index (χ4v) is 10.2. The van der Waals surface area contributed by atoms with Gasteiger partial charge in [-0.1, -0.05) is 43.3 Å². The summed E-state index contributed by atoms with van der Waals surface area (Å²) in [7, 11) is 7.66. The third kappa shape index (κ3) is 13.5. The maximum Gasteiger partial charge on any atom is 0.329 e. The molecule has 426 valence electrons. The molecule has 0 saturated carbocycles. The monoisotopic (exact) mass is 1110 g/mol. The molecule has 2 saturated heterocycles. The fourth-order valence-electron chi connectivity index (χ4n) is 10.2. The Balaban J connectivity index is 0.872. The summed E-state index contributed by atoms with van der Waals surface area (Å²) in [6, 6.07) is 25.2. The van der Waals surface area contributed by atoms with E-state index in [1.807, 2.05) is 25.1 Å². The average molecular weight is 1110 g/mol. The number of esters is 1. The van der Waals surface area contributed by atoms with Gasteiger partial charge in [0.05, 0.1) is 52.6 Å². The lowest BCUT2D eigenvalue weighted by Gasteiger charge is -2.37. The van der Waals surface area contributed by atoms with E-state index in [1.54, 1.807) is 79.8 Å². The molecule has 21 nitrogen and oxygen atoms in total. The molecular formula is C60H65N5O16. The van der Waals surface area contributed by atoms with Crippen LogP contribution in [0.3, 0.4) is 0 Å². The van der Waals surface area contributed by atoms with Gasteiger partial charge < -0.3 is 53.4 Å². The molecule has 7 amide bonds. The summed E-state index contributed by atoms with van der Waals surface area (Å²) in [5.74, 6) is -2.31. The Morgan fingerprint density at radius 2 is 1.40 bits per heavy atom. The van der Waals surface area contributed by atoms with Crippen LogP contribution < -0.4 is 49.1 Å². The number of methoxy groups -OCH3 is 5. The number of carbonyl (C=O) groups is 8. The Hall–Kier alpha value is -9.14. The lowest BCUT2D eigenvalue weighted by Crippen LogP contribution is -2.54. The molecule has 0 bridgehead atoms. The molecule has 2 unspecified atom stereocenters. The average Bonchev–Trinajstić information content (AvgIpc) is 4.04. The van der Waals surface area contributed by atoms with Gasteiger partial charge in [0.1, 0.15) is 29.7 Å². The number of anilines is 1. The van der Waals surface area contributed by atoms with Crippen LogP contribution in [0, 0.1) is 0 Å². The SMILES string of the molecule is CC[C@H](C(=O)N1CCCC[C@H]1C(=O)OC(CCc1ccc(OC)c(OC)c1)c1ccc(OCC(=O)NCc2cccc(NC(=O)COc3cccc4c3C(=O)N(C3CCC(=O)NC3=O)C4=O)c2)cc1)c1cc(OC)c(OC)c(OC)c1. The van der Waals surface area contributed by atoms with Crippen molar-refractivity contribution in [3.8, 4) is 40.2 Å². The largest absolute Gasteiger partial charge is 0.493 e. The third-order valence-corrected chi connectivity index (χ3v) is 14.4. The number of hydrogen-bond acceptors (Lipinski definition) is 16. The summed E-state index contributed by atoms with van der Waals surface area (Å²) < 4.78 is 45.7. The van der Waals surface area contributed by atoms with Crippen molar-refractivity contribution >= 4 is 53.0 Å². The molecule has 3 aliphatic rings. The number of fused-ring (bicyclic) bond motifs is 1. The smallest absolute Gasteiger partial charge is 0.329 e. The Morgan fingerprint density at radius 3 is 2.09 bits per heavy atom. The van der Waals surface area contributed by atoms with Gasteiger partial charge >= 0.3 is 5.97 Å². The van der Waals surface area contributed by atoms with Crippen molar-refractivity contribution in [3.63, 3.8) is 0 Å². The number of likely N-dealkylation sites (tertiary alicyclic amines) is 1. The maximum atomic E-state index is 14.5. The molecule has 81 heavy (non-hydrogen) atoms. The number of nitrogens with one attached hydrogen (secondary N) is 3. The van der Waals surface area contributed by atoms with E-state index in [0.717, 1.165) is 23.3 Å². The summed E-state index contributed by atoms with van der Waals surface area (Å²) >= 11 is 0. The van der Waals surface area contributed by atoms with Gasteiger partial charge in [0.2, 0.25) is 23.5 Å². The highest BCUT2D eigenvalue weighted by Crippen LogP contribution is 2.42. The highest BCUT2D eigenvalue weighted by Gasteiger charge is 2.46. The quantitative estimate of drug-likeness (QED) is 0.0433. The minimum absolute atomic E-state index is 0.00838. The second kappa shape index (κ2) is 26.7. The number of carbonyl (C=O) groups excluding carboxylic acids is 8. The first-order valence-corrected chi connectivity index (χ1v) is 26.6. The third-order valence-electron chi connectivity index (χ3n) is 14.4. The van der Waals surface area contributed by atoms with Gasteiger partial charge in [0.15, 0.2) is 36.2 Å². The number of rotatable bonds is 24. The van der Waals surface area contributed by atoms with Crippen LogP contribution in [-0.4, -0.2) is 125 Å². The van der Waals surface area contributed by atoms with Crippen LogP contribution in [0.5, 0.6) is 40.2 Å². The van der Waals surface area contributed by atoms with Crippen molar-refractivity contribution in [2.45, 2.75) is 88.9 Å². The maximum absolute atomic E-state index is 14.5. The molecule has 5 aromatic carbocycles. The molecular weight excluding hydrogens is 1050 g/mol. The van der Waals surface area contributed by atoms with Crippen molar-refractivity contribution in [1.29, 1.82) is 0 Å². The topological polar surface area (TPSA) is 253 Å². The number of nitrogens with zero attached hydrogens (tertiary/aromatic N) is 2. The van der Waals surface area contributed by atoms with Crippen LogP contribution in [0.15, 0.2) is 97.1 Å². The molecule has 3 aliphatic heterocycles. The molecule has 2 fully saturated rings. The number of benzene rings is 5. The van der Waals surface area contributed by atoms with Gasteiger partial charge in [-0.25, -0.2) is 4.79 Å². The molecule has 3 heterocycles. The summed E-state index contributed by atoms with van der Waals surface area (Å²) in [6.07, 6.45) is 2.42. The van der Waals surface area contributed by atoms with Crippen LogP contribution >= 0.6 is 0 Å². The molecule has 0 spiro atoms. The number of amides is 7. The standard InChI is InChI=1S/C60H65N5O16/c1-7-41(38-30-49(76-4)55(78-6)50(31-38)77-5)57(70)64-27-9-8-15-44(64)60(73)81-45(24-17-35-18-25-46(74-2)48(29-35)75-3)37-19-21-40(22-20-37)79-33-52(67)61-32-36-12-10-13-39(28-36)62-53(68)34-80-47-16-11-14-42-54(47)59(72)65(58(42)71)43-23-26-51(66)63-56(43)69/h10-14,16,18-22,25,28-31,41,43-45H,7-9,15,17,23-24,26-27,32-34H2,1-6H3,(H,61,67)(H,62,68)(H,63,66,69)/t41-,43?,44-,45?/m0/s1. The summed E-state index contributed by atoms with van der Waals surface area (Å²) in [5, 5.41) is 7.69. The Labute approximate surface area is 468 Å². The lowest BCUT2D eigenvalue weighted by molar-refractivity contribution is -0.162. The number of piperidine rings is 2. The first-order chi connectivity index (χ1) is 39.2. The van der Waals surface area contributed by atoms with Crippen LogP contribution in [0.1, 0.15) is 107 Å². The Morgan fingerprint density at radius 1 is 0.679 bits per heavy atom. The van der Waals surface area contributed by atoms with E-state index in [9.17, 15) is 38.4 Å². The van der Waals surface area contributed by atoms with Crippen molar-refractivity contribution in [2.24, 2.45) is 0 Å². The first kappa shape index (κ1) is 58.0. The van der Waals surface area contributed by atoms with Crippen molar-refractivity contribution < 1.29 is 76.3 Å². The van der Waals surface area contributed by atoms with Gasteiger partial charge in [-0.05, 0) is 128 Å². The molecule has 3 N–H and O–H groups in total. The van der Waals surface area contributed by atoms with Crippen LogP contribution in [0.4, 0.5) is 5.69 Å². The van der Waals surface area contributed by atoms with E-state index in [2.05, 4.69) is 16.0 Å². The lowest BCUT2D eigenvalue weighted by atomic mass is 9.91. The van der Waals surface area contributed by atoms with Crippen molar-refractivity contribution in [2.75, 3.05) is 60.6 Å². The number of aryl methyl sites for hydroxylation is 1. The van der Waals surface area contributed by atoms with Crippen LogP contribution in [0.2, 0.25) is 0 Å². The molecule has 0 radical (unpaired) electrons. The zero-order valence-corrected chi connectivity index (χ0v) is 46.0. The summed E-state index contributed by atoms with van der Waals surface area (Å²) in [6.45, 7) is 1.54. The molecule has 4 atom stereocenters. The predicted octanol–water partition coefficient (Wildman–Crippen LogP) is 6.64. The molecule has 0 aromatic heterocycles. The molecule has 21 heteroatoms. The highest BCUT2D eigenvalue weighted by molar-refractivity contribution is 6.24. The highest BCUT2D eigenvalue weighted by atomic mass is 16.5. The van der Waals surface area contributed by atoms with E-state index < -0.39 is 72.1 Å². The number of imide groups is 2. The fraction of sp³-hybridized carbons (Fsp3) is 0.367. The molecule has 5 aromatic rings. The normalized spacial score (nSPS) is 16.5. The van der Waals surface area contributed by atoms with E-state index in [4.69, 9.17) is 37.9 Å². The van der Waals surface area contributed by atoms with E-state index in [0.29, 0.717) is 89.1 Å². The minimum Gasteiger partial charge on any atom is -0.493 e. The van der Waals surface area contributed by atoms with E-state index in [-0.39, 0.29) is 48.8 Å². The predicted molar refractivity (Wildman–Crippen MR) is 293 cm³/mol. The van der Waals surface area contributed by atoms with Crippen molar-refractivity contribution in [1.82, 2.24) is 20.4 Å². The van der Waals surface area contributed by atoms with Gasteiger partial charge in [-0.15, -0.1) is 0 Å². The zero-order chi connectivity index (χ0) is 57.7. The van der Waals surface area contributed by atoms with E-state index >= 15 is 0 Å². The van der Waals surface area contributed by atoms with Crippen molar-refractivity contribution in [3.05, 3.63) is 130 Å². The molecule has 8 rings (SSSR count). The van der Waals surface area contributed by atoms with Gasteiger partial charge in [-0.2, -0.15) is 0 Å². The van der Waals surface area contributed by atoms with Gasteiger partial charge in [0.25, 0.3) is 23.6 Å².